The fourth-order valence-corrected chi connectivity index (χ4v) is 4.01. The highest BCUT2D eigenvalue weighted by molar-refractivity contribution is 5.56. The molecule has 1 aliphatic rings. The fourth-order valence-electron chi connectivity index (χ4n) is 4.01. The van der Waals surface area contributed by atoms with E-state index in [1.165, 1.54) is 17.7 Å². The van der Waals surface area contributed by atoms with Crippen molar-refractivity contribution in [3.63, 3.8) is 0 Å². The van der Waals surface area contributed by atoms with E-state index in [9.17, 15) is 8.78 Å². The van der Waals surface area contributed by atoms with Gasteiger partial charge in [0.2, 0.25) is 5.82 Å². The Labute approximate surface area is 177 Å². The first-order valence-corrected chi connectivity index (χ1v) is 10.5. The van der Waals surface area contributed by atoms with Crippen molar-refractivity contribution < 1.29 is 14.7 Å². The SMILES string of the molecule is [2H]C(CCc1ccccc1)C1CCC(C=Cc2nc(-c3ccc(F)cc3F)no2)CC1. The predicted molar refractivity (Wildman–Crippen MR) is 114 cm³/mol. The molecule has 156 valence electrons. The number of allylic oxidation sites excluding steroid dienone is 1. The smallest absolute Gasteiger partial charge is 0.250 e. The van der Waals surface area contributed by atoms with Crippen LogP contribution in [0.1, 0.15) is 51.3 Å². The molecule has 1 fully saturated rings. The number of benzene rings is 2. The number of hydrogen-bond donors (Lipinski definition) is 0. The third kappa shape index (κ3) is 5.41. The van der Waals surface area contributed by atoms with Crippen LogP contribution in [0, 0.1) is 23.5 Å². The molecule has 3 aromatic rings. The average molecular weight is 409 g/mol. The summed E-state index contributed by atoms with van der Waals surface area (Å²) in [6.07, 6.45) is 9.86. The Balaban J connectivity index is 1.26. The highest BCUT2D eigenvalue weighted by Crippen LogP contribution is 2.33. The maximum Gasteiger partial charge on any atom is 0.250 e. The van der Waals surface area contributed by atoms with Gasteiger partial charge < -0.3 is 4.52 Å². The number of rotatable bonds is 7. The molecule has 0 bridgehead atoms. The largest absolute Gasteiger partial charge is 0.334 e. The molecule has 1 unspecified atom stereocenters. The maximum absolute atomic E-state index is 13.9. The second-order valence-electron chi connectivity index (χ2n) is 7.87. The Morgan fingerprint density at radius 1 is 1.07 bits per heavy atom. The molecule has 3 nitrogen and oxygen atoms in total. The molecule has 0 aliphatic heterocycles. The molecule has 2 aromatic carbocycles. The molecule has 1 atom stereocenters. The third-order valence-corrected chi connectivity index (χ3v) is 5.72. The van der Waals surface area contributed by atoms with Gasteiger partial charge in [-0.2, -0.15) is 4.98 Å². The summed E-state index contributed by atoms with van der Waals surface area (Å²) in [7, 11) is 0. The van der Waals surface area contributed by atoms with E-state index in [0.29, 0.717) is 17.7 Å². The van der Waals surface area contributed by atoms with Gasteiger partial charge in [0, 0.05) is 7.44 Å². The monoisotopic (exact) mass is 409 g/mol. The van der Waals surface area contributed by atoms with Crippen molar-refractivity contribution in [2.24, 2.45) is 11.8 Å². The van der Waals surface area contributed by atoms with E-state index in [-0.39, 0.29) is 17.8 Å². The molecule has 1 aromatic heterocycles. The van der Waals surface area contributed by atoms with Gasteiger partial charge in [0.1, 0.15) is 11.6 Å². The first-order chi connectivity index (χ1) is 15.1. The summed E-state index contributed by atoms with van der Waals surface area (Å²) in [5, 5.41) is 3.80. The van der Waals surface area contributed by atoms with E-state index in [2.05, 4.69) is 28.3 Å². The molecule has 1 heterocycles. The van der Waals surface area contributed by atoms with Gasteiger partial charge in [0.15, 0.2) is 0 Å². The third-order valence-electron chi connectivity index (χ3n) is 5.72. The fraction of sp³-hybridized carbons (Fsp3) is 0.360. The lowest BCUT2D eigenvalue weighted by atomic mass is 9.79. The molecular formula is C25H26F2N2O. The quantitative estimate of drug-likeness (QED) is 0.428. The molecule has 0 spiro atoms. The number of hydrogen-bond acceptors (Lipinski definition) is 3. The Hall–Kier alpha value is -2.82. The Kier molecular flexibility index (Phi) is 6.25. The van der Waals surface area contributed by atoms with Gasteiger partial charge in [-0.05, 0) is 74.1 Å². The zero-order valence-electron chi connectivity index (χ0n) is 17.8. The van der Waals surface area contributed by atoms with Crippen LogP contribution in [0.3, 0.4) is 0 Å². The van der Waals surface area contributed by atoms with E-state index in [1.54, 1.807) is 6.08 Å². The highest BCUT2D eigenvalue weighted by Gasteiger charge is 2.19. The van der Waals surface area contributed by atoms with Crippen molar-refractivity contribution in [3.05, 3.63) is 77.7 Å². The Morgan fingerprint density at radius 3 is 2.63 bits per heavy atom. The molecule has 30 heavy (non-hydrogen) atoms. The normalized spacial score (nSPS) is 20.9. The van der Waals surface area contributed by atoms with Crippen LogP contribution < -0.4 is 0 Å². The number of aryl methyl sites for hydroxylation is 1. The minimum Gasteiger partial charge on any atom is -0.334 e. The minimum absolute atomic E-state index is 0.0192. The number of nitrogens with zero attached hydrogens (tertiary/aromatic N) is 2. The van der Waals surface area contributed by atoms with E-state index < -0.39 is 11.6 Å². The van der Waals surface area contributed by atoms with Crippen molar-refractivity contribution in [3.8, 4) is 11.4 Å². The lowest BCUT2D eigenvalue weighted by Gasteiger charge is -2.26. The summed E-state index contributed by atoms with van der Waals surface area (Å²) < 4.78 is 40.7. The second kappa shape index (κ2) is 9.79. The van der Waals surface area contributed by atoms with Gasteiger partial charge in [-0.25, -0.2) is 8.78 Å². The van der Waals surface area contributed by atoms with Crippen LogP contribution >= 0.6 is 0 Å². The topological polar surface area (TPSA) is 38.9 Å². The van der Waals surface area contributed by atoms with Crippen LogP contribution in [-0.2, 0) is 6.42 Å². The lowest BCUT2D eigenvalue weighted by Crippen LogP contribution is -2.13. The van der Waals surface area contributed by atoms with Crippen LogP contribution in [0.15, 0.2) is 59.1 Å². The van der Waals surface area contributed by atoms with Crippen molar-refractivity contribution in [2.45, 2.75) is 44.9 Å². The van der Waals surface area contributed by atoms with E-state index in [1.807, 2.05) is 18.2 Å². The molecular weight excluding hydrogens is 382 g/mol. The minimum atomic E-state index is -0.716. The average Bonchev–Trinajstić information content (AvgIpc) is 3.26. The first kappa shape index (κ1) is 19.2. The van der Waals surface area contributed by atoms with Crippen LogP contribution in [0.4, 0.5) is 8.78 Å². The molecule has 0 radical (unpaired) electrons. The van der Waals surface area contributed by atoms with Crippen molar-refractivity contribution in [1.29, 1.82) is 0 Å². The summed E-state index contributed by atoms with van der Waals surface area (Å²) in [6.45, 7) is 0. The van der Waals surface area contributed by atoms with Crippen LogP contribution in [-0.4, -0.2) is 10.1 Å². The molecule has 1 saturated carbocycles. The molecule has 0 saturated heterocycles. The molecule has 0 amide bonds. The number of aromatic nitrogens is 2. The maximum atomic E-state index is 13.9. The van der Waals surface area contributed by atoms with Gasteiger partial charge in [-0.1, -0.05) is 48.0 Å². The predicted octanol–water partition coefficient (Wildman–Crippen LogP) is 6.86. The Morgan fingerprint density at radius 2 is 1.87 bits per heavy atom. The summed E-state index contributed by atoms with van der Waals surface area (Å²) >= 11 is 0. The standard InChI is InChI=1S/C25H26F2N2O/c26-21-14-15-22(23(27)17-21)25-28-24(30-29-25)16-13-20-11-9-19(10-12-20)8-4-7-18-5-2-1-3-6-18/h1-3,5-6,13-17,19-20H,4,7-12H2/i8D. The molecule has 0 N–H and O–H groups in total. The Bertz CT molecular complexity index is 1010. The summed E-state index contributed by atoms with van der Waals surface area (Å²) in [4.78, 5) is 4.19. The molecule has 5 heteroatoms. The highest BCUT2D eigenvalue weighted by atomic mass is 19.1. The number of halogens is 2. The summed E-state index contributed by atoms with van der Waals surface area (Å²) in [5.41, 5.74) is 1.41. The summed E-state index contributed by atoms with van der Waals surface area (Å²) in [6, 6.07) is 13.7. The van der Waals surface area contributed by atoms with Gasteiger partial charge in [-0.3, -0.25) is 0 Å². The zero-order chi connectivity index (χ0) is 21.6. The first-order valence-electron chi connectivity index (χ1n) is 11.1. The van der Waals surface area contributed by atoms with Gasteiger partial charge in [0.25, 0.3) is 5.89 Å². The van der Waals surface area contributed by atoms with Gasteiger partial charge in [-0.15, -0.1) is 0 Å². The molecule has 1 aliphatic carbocycles. The van der Waals surface area contributed by atoms with E-state index >= 15 is 0 Å². The lowest BCUT2D eigenvalue weighted by molar-refractivity contribution is 0.291. The summed E-state index contributed by atoms with van der Waals surface area (Å²) in [5.74, 6) is -0.0824. The van der Waals surface area contributed by atoms with Gasteiger partial charge in [0.05, 0.1) is 5.56 Å². The van der Waals surface area contributed by atoms with Crippen LogP contribution in [0.25, 0.3) is 17.5 Å². The van der Waals surface area contributed by atoms with E-state index in [0.717, 1.165) is 44.6 Å². The van der Waals surface area contributed by atoms with Gasteiger partial charge >= 0.3 is 0 Å². The van der Waals surface area contributed by atoms with Crippen LogP contribution in [0.5, 0.6) is 0 Å². The van der Waals surface area contributed by atoms with Crippen molar-refractivity contribution >= 4 is 6.08 Å². The zero-order valence-corrected chi connectivity index (χ0v) is 16.8. The molecule has 4 rings (SSSR count). The van der Waals surface area contributed by atoms with E-state index in [4.69, 9.17) is 5.89 Å². The van der Waals surface area contributed by atoms with Crippen molar-refractivity contribution in [1.82, 2.24) is 10.1 Å². The second-order valence-corrected chi connectivity index (χ2v) is 7.87. The van der Waals surface area contributed by atoms with Crippen molar-refractivity contribution in [2.75, 3.05) is 0 Å². The van der Waals surface area contributed by atoms with Crippen LogP contribution in [0.2, 0.25) is 0 Å².